The van der Waals surface area contributed by atoms with Crippen molar-refractivity contribution in [1.82, 2.24) is 5.32 Å². The number of rotatable bonds is 1. The second-order valence-electron chi connectivity index (χ2n) is 5.56. The Morgan fingerprint density at radius 3 is 2.36 bits per heavy atom. The summed E-state index contributed by atoms with van der Waals surface area (Å²) in [6.45, 7) is 3.82. The molecule has 2 heterocycles. The minimum absolute atomic E-state index is 0.0653. The van der Waals surface area contributed by atoms with Crippen molar-refractivity contribution < 1.29 is 4.79 Å². The molecule has 5 nitrogen and oxygen atoms in total. The first-order valence-electron chi connectivity index (χ1n) is 7.59. The van der Waals surface area contributed by atoms with E-state index in [0.717, 1.165) is 48.9 Å². The van der Waals surface area contributed by atoms with Crippen LogP contribution in [0.15, 0.2) is 42.5 Å². The summed E-state index contributed by atoms with van der Waals surface area (Å²) in [6.07, 6.45) is 0. The molecule has 1 fully saturated rings. The van der Waals surface area contributed by atoms with Gasteiger partial charge >= 0.3 is 0 Å². The summed E-state index contributed by atoms with van der Waals surface area (Å²) in [4.78, 5) is 14.8. The fourth-order valence-corrected chi connectivity index (χ4v) is 3.06. The van der Waals surface area contributed by atoms with Crippen LogP contribution < -0.4 is 20.9 Å². The van der Waals surface area contributed by atoms with E-state index in [2.05, 4.69) is 26.9 Å². The Balaban J connectivity index is 1.82. The van der Waals surface area contributed by atoms with Crippen LogP contribution in [0.4, 0.5) is 22.7 Å². The monoisotopic (exact) mass is 294 g/mol. The minimum Gasteiger partial charge on any atom is -0.367 e. The van der Waals surface area contributed by atoms with Crippen molar-refractivity contribution in [3.05, 3.63) is 48.0 Å². The Kier molecular flexibility index (Phi) is 3.20. The van der Waals surface area contributed by atoms with Gasteiger partial charge in [-0.05, 0) is 24.3 Å². The smallest absolute Gasteiger partial charge is 0.257 e. The molecule has 5 heteroatoms. The zero-order chi connectivity index (χ0) is 14.9. The van der Waals surface area contributed by atoms with Gasteiger partial charge in [-0.1, -0.05) is 18.2 Å². The van der Waals surface area contributed by atoms with Gasteiger partial charge in [-0.15, -0.1) is 0 Å². The number of hydrogen-bond donors (Lipinski definition) is 3. The number of carbonyl (C=O) groups is 1. The van der Waals surface area contributed by atoms with Crippen LogP contribution in [0.3, 0.4) is 0 Å². The fraction of sp³-hybridized carbons (Fsp3) is 0.235. The number of anilines is 4. The number of carbonyl (C=O) groups excluding carboxylic acids is 1. The largest absolute Gasteiger partial charge is 0.367 e. The van der Waals surface area contributed by atoms with Crippen LogP contribution in [0, 0.1) is 0 Å². The maximum absolute atomic E-state index is 12.5. The third-order valence-corrected chi connectivity index (χ3v) is 4.18. The molecular weight excluding hydrogens is 276 g/mol. The molecule has 2 aromatic carbocycles. The van der Waals surface area contributed by atoms with Crippen molar-refractivity contribution in [1.29, 1.82) is 0 Å². The molecule has 1 saturated heterocycles. The number of nitrogens with one attached hydrogen (secondary N) is 3. The Morgan fingerprint density at radius 2 is 1.59 bits per heavy atom. The molecule has 0 aromatic heterocycles. The zero-order valence-corrected chi connectivity index (χ0v) is 12.2. The van der Waals surface area contributed by atoms with Crippen molar-refractivity contribution >= 4 is 28.7 Å². The van der Waals surface area contributed by atoms with Crippen LogP contribution in [-0.2, 0) is 0 Å². The number of hydrogen-bond acceptors (Lipinski definition) is 4. The molecular formula is C17H18N4O. The summed E-state index contributed by atoms with van der Waals surface area (Å²) in [7, 11) is 0. The Bertz CT molecular complexity index is 722. The lowest BCUT2D eigenvalue weighted by molar-refractivity contribution is 0.102. The second-order valence-corrected chi connectivity index (χ2v) is 5.56. The molecule has 1 amide bonds. The van der Waals surface area contributed by atoms with Gasteiger partial charge in [0, 0.05) is 26.2 Å². The van der Waals surface area contributed by atoms with Crippen LogP contribution in [0.2, 0.25) is 0 Å². The van der Waals surface area contributed by atoms with Gasteiger partial charge in [0.1, 0.15) is 0 Å². The summed E-state index contributed by atoms with van der Waals surface area (Å²) >= 11 is 0. The van der Waals surface area contributed by atoms with E-state index in [1.807, 2.05) is 36.4 Å². The maximum atomic E-state index is 12.5. The summed E-state index contributed by atoms with van der Waals surface area (Å²) in [6, 6.07) is 13.7. The van der Waals surface area contributed by atoms with Gasteiger partial charge in [0.15, 0.2) is 0 Å². The molecule has 0 atom stereocenters. The van der Waals surface area contributed by atoms with E-state index in [4.69, 9.17) is 0 Å². The van der Waals surface area contributed by atoms with Crippen molar-refractivity contribution in [2.24, 2.45) is 0 Å². The molecule has 0 bridgehead atoms. The Morgan fingerprint density at radius 1 is 0.864 bits per heavy atom. The van der Waals surface area contributed by atoms with Crippen LogP contribution in [-0.4, -0.2) is 32.1 Å². The number of fused-ring (bicyclic) bond motifs is 2. The third kappa shape index (κ3) is 2.19. The van der Waals surface area contributed by atoms with Crippen LogP contribution in [0.25, 0.3) is 0 Å². The molecule has 4 rings (SSSR count). The molecule has 0 radical (unpaired) electrons. The number of para-hydroxylation sites is 3. The Hall–Kier alpha value is -2.53. The normalized spacial score (nSPS) is 16.9. The molecule has 3 N–H and O–H groups in total. The maximum Gasteiger partial charge on any atom is 0.257 e. The van der Waals surface area contributed by atoms with Gasteiger partial charge in [-0.2, -0.15) is 0 Å². The predicted octanol–water partition coefficient (Wildman–Crippen LogP) is 2.41. The summed E-state index contributed by atoms with van der Waals surface area (Å²) in [5.74, 6) is -0.0653. The highest BCUT2D eigenvalue weighted by atomic mass is 16.1. The highest BCUT2D eigenvalue weighted by molar-refractivity contribution is 6.14. The molecule has 0 aliphatic carbocycles. The van der Waals surface area contributed by atoms with E-state index >= 15 is 0 Å². The van der Waals surface area contributed by atoms with Gasteiger partial charge < -0.3 is 20.9 Å². The lowest BCUT2D eigenvalue weighted by Gasteiger charge is -2.31. The van der Waals surface area contributed by atoms with Crippen molar-refractivity contribution in [2.75, 3.05) is 41.7 Å². The first kappa shape index (κ1) is 13.2. The molecule has 0 unspecified atom stereocenters. The zero-order valence-electron chi connectivity index (χ0n) is 12.2. The van der Waals surface area contributed by atoms with Gasteiger partial charge in [-0.25, -0.2) is 0 Å². The van der Waals surface area contributed by atoms with E-state index in [9.17, 15) is 4.79 Å². The lowest BCUT2D eigenvalue weighted by Crippen LogP contribution is -2.43. The Labute approximate surface area is 129 Å². The summed E-state index contributed by atoms with van der Waals surface area (Å²) in [5.41, 5.74) is 4.41. The number of benzene rings is 2. The van der Waals surface area contributed by atoms with Gasteiger partial charge in [0.2, 0.25) is 0 Å². The molecule has 0 saturated carbocycles. The van der Waals surface area contributed by atoms with Gasteiger partial charge in [0.05, 0.1) is 28.3 Å². The number of amides is 1. The van der Waals surface area contributed by atoms with Gasteiger partial charge in [0.25, 0.3) is 5.91 Å². The average molecular weight is 294 g/mol. The number of nitrogens with zero attached hydrogens (tertiary/aromatic N) is 1. The second kappa shape index (κ2) is 5.35. The van der Waals surface area contributed by atoms with Crippen LogP contribution in [0.1, 0.15) is 10.4 Å². The van der Waals surface area contributed by atoms with Crippen molar-refractivity contribution in [3.63, 3.8) is 0 Å². The lowest BCUT2D eigenvalue weighted by atomic mass is 10.1. The topological polar surface area (TPSA) is 56.4 Å². The van der Waals surface area contributed by atoms with Gasteiger partial charge in [-0.3, -0.25) is 4.79 Å². The SMILES string of the molecule is O=C1Nc2ccccc2Nc2c1cccc2N1CCNCC1. The molecule has 2 aromatic rings. The average Bonchev–Trinajstić information content (AvgIpc) is 2.71. The first-order chi connectivity index (χ1) is 10.8. The summed E-state index contributed by atoms with van der Waals surface area (Å²) < 4.78 is 0. The quantitative estimate of drug-likeness (QED) is 0.756. The predicted molar refractivity (Wildman–Crippen MR) is 89.2 cm³/mol. The molecule has 112 valence electrons. The van der Waals surface area contributed by atoms with E-state index in [1.54, 1.807) is 0 Å². The standard InChI is InChI=1S/C17H18N4O/c22-17-12-4-3-7-15(21-10-8-18-9-11-21)16(12)19-13-5-1-2-6-14(13)20-17/h1-7,18-19H,8-11H2,(H,20,22). The van der Waals surface area contributed by atoms with Crippen molar-refractivity contribution in [3.8, 4) is 0 Å². The molecule has 2 aliphatic rings. The van der Waals surface area contributed by atoms with Crippen molar-refractivity contribution in [2.45, 2.75) is 0 Å². The minimum atomic E-state index is -0.0653. The van der Waals surface area contributed by atoms with E-state index in [-0.39, 0.29) is 5.91 Å². The summed E-state index contributed by atoms with van der Waals surface area (Å²) in [5, 5.41) is 9.79. The van der Waals surface area contributed by atoms with Crippen LogP contribution >= 0.6 is 0 Å². The highest BCUT2D eigenvalue weighted by Crippen LogP contribution is 2.37. The van der Waals surface area contributed by atoms with Crippen LogP contribution in [0.5, 0.6) is 0 Å². The van der Waals surface area contributed by atoms with E-state index < -0.39 is 0 Å². The highest BCUT2D eigenvalue weighted by Gasteiger charge is 2.23. The molecule has 22 heavy (non-hydrogen) atoms. The molecule has 2 aliphatic heterocycles. The fourth-order valence-electron chi connectivity index (χ4n) is 3.06. The first-order valence-corrected chi connectivity index (χ1v) is 7.59. The van der Waals surface area contributed by atoms with E-state index in [0.29, 0.717) is 5.56 Å². The number of piperazine rings is 1. The molecule has 0 spiro atoms. The van der Waals surface area contributed by atoms with E-state index in [1.165, 1.54) is 0 Å². The third-order valence-electron chi connectivity index (χ3n) is 4.18.